The molecule has 1 amide bonds. The normalized spacial score (nSPS) is 16.3. The summed E-state index contributed by atoms with van der Waals surface area (Å²) in [5.41, 5.74) is 1.04. The quantitative estimate of drug-likeness (QED) is 0.685. The molecule has 0 bridgehead atoms. The van der Waals surface area contributed by atoms with Crippen LogP contribution in [0, 0.1) is 18.3 Å². The summed E-state index contributed by atoms with van der Waals surface area (Å²) >= 11 is 1.45. The molecule has 0 aromatic carbocycles. The van der Waals surface area contributed by atoms with Crippen molar-refractivity contribution in [1.82, 2.24) is 9.88 Å². The summed E-state index contributed by atoms with van der Waals surface area (Å²) in [6.07, 6.45) is 7.07. The number of rotatable bonds is 4. The molecule has 1 N–H and O–H groups in total. The third-order valence-electron chi connectivity index (χ3n) is 3.75. The van der Waals surface area contributed by atoms with E-state index in [-0.39, 0.29) is 17.5 Å². The molecule has 0 unspecified atom stereocenters. The summed E-state index contributed by atoms with van der Waals surface area (Å²) < 4.78 is 0. The van der Waals surface area contributed by atoms with E-state index >= 15 is 0 Å². The standard InChI is InChI=1S/C15H20N4OS/c1-11-10-21-15(18-11)17-9-12(8-16)14(20)19(2)13-6-4-3-5-7-13/h9-10,13H,3-7H2,1-2H3,(H,17,18)/b12-9-. The lowest BCUT2D eigenvalue weighted by molar-refractivity contribution is -0.128. The molecule has 2 rings (SSSR count). The lowest BCUT2D eigenvalue weighted by Gasteiger charge is -2.31. The maximum absolute atomic E-state index is 12.4. The van der Waals surface area contributed by atoms with E-state index in [1.165, 1.54) is 24.0 Å². The molecule has 112 valence electrons. The van der Waals surface area contributed by atoms with Crippen LogP contribution in [-0.4, -0.2) is 28.9 Å². The molecule has 0 spiro atoms. The zero-order chi connectivity index (χ0) is 15.2. The van der Waals surface area contributed by atoms with Crippen LogP contribution in [0.1, 0.15) is 37.8 Å². The Morgan fingerprint density at radius 1 is 1.52 bits per heavy atom. The first-order chi connectivity index (χ1) is 10.1. The van der Waals surface area contributed by atoms with Gasteiger partial charge in [0, 0.05) is 24.7 Å². The van der Waals surface area contributed by atoms with Crippen molar-refractivity contribution in [3.63, 3.8) is 0 Å². The van der Waals surface area contributed by atoms with Crippen LogP contribution in [0.15, 0.2) is 17.2 Å². The van der Waals surface area contributed by atoms with E-state index in [2.05, 4.69) is 10.3 Å². The van der Waals surface area contributed by atoms with Gasteiger partial charge in [-0.15, -0.1) is 11.3 Å². The van der Waals surface area contributed by atoms with E-state index in [9.17, 15) is 10.1 Å². The Hall–Kier alpha value is -1.87. The predicted molar refractivity (Wildman–Crippen MR) is 83.8 cm³/mol. The maximum Gasteiger partial charge on any atom is 0.266 e. The first kappa shape index (κ1) is 15.5. The highest BCUT2D eigenvalue weighted by atomic mass is 32.1. The van der Waals surface area contributed by atoms with E-state index in [4.69, 9.17) is 0 Å². The minimum absolute atomic E-state index is 0.121. The largest absolute Gasteiger partial charge is 0.338 e. The number of carbonyl (C=O) groups excluding carboxylic acids is 1. The van der Waals surface area contributed by atoms with Crippen LogP contribution >= 0.6 is 11.3 Å². The lowest BCUT2D eigenvalue weighted by atomic mass is 9.94. The fourth-order valence-electron chi connectivity index (χ4n) is 2.52. The Morgan fingerprint density at radius 3 is 2.81 bits per heavy atom. The smallest absolute Gasteiger partial charge is 0.266 e. The second kappa shape index (κ2) is 7.23. The van der Waals surface area contributed by atoms with Gasteiger partial charge in [0.15, 0.2) is 5.13 Å². The number of nitriles is 1. The van der Waals surface area contributed by atoms with Crippen molar-refractivity contribution >= 4 is 22.4 Å². The Balaban J connectivity index is 2.01. The molecule has 1 aliphatic carbocycles. The number of nitrogens with zero attached hydrogens (tertiary/aromatic N) is 3. The number of carbonyl (C=O) groups is 1. The van der Waals surface area contributed by atoms with Crippen molar-refractivity contribution in [2.45, 2.75) is 45.1 Å². The van der Waals surface area contributed by atoms with E-state index < -0.39 is 0 Å². The summed E-state index contributed by atoms with van der Waals surface area (Å²) in [6.45, 7) is 1.90. The van der Waals surface area contributed by atoms with Gasteiger partial charge in [-0.3, -0.25) is 4.79 Å². The molecule has 0 atom stereocenters. The van der Waals surface area contributed by atoms with E-state index in [1.54, 1.807) is 11.9 Å². The number of likely N-dealkylation sites (N-methyl/N-ethyl adjacent to an activating group) is 1. The fourth-order valence-corrected chi connectivity index (χ4v) is 3.18. The number of aromatic nitrogens is 1. The van der Waals surface area contributed by atoms with E-state index in [0.717, 1.165) is 31.4 Å². The fraction of sp³-hybridized carbons (Fsp3) is 0.533. The second-order valence-corrected chi connectivity index (χ2v) is 6.17. The molecule has 1 saturated carbocycles. The number of hydrogen-bond donors (Lipinski definition) is 1. The van der Waals surface area contributed by atoms with Gasteiger partial charge in [-0.2, -0.15) is 5.26 Å². The Bertz CT molecular complexity index is 566. The topological polar surface area (TPSA) is 69.0 Å². The monoisotopic (exact) mass is 304 g/mol. The summed E-state index contributed by atoms with van der Waals surface area (Å²) in [6, 6.07) is 2.24. The highest BCUT2D eigenvalue weighted by Gasteiger charge is 2.24. The van der Waals surface area contributed by atoms with Crippen molar-refractivity contribution in [2.24, 2.45) is 0 Å². The van der Waals surface area contributed by atoms with Crippen molar-refractivity contribution in [3.8, 4) is 6.07 Å². The SMILES string of the molecule is Cc1csc(N/C=C(/C#N)C(=O)N(C)C2CCCCC2)n1. The molecule has 5 nitrogen and oxygen atoms in total. The minimum atomic E-state index is -0.217. The number of amides is 1. The van der Waals surface area contributed by atoms with Crippen LogP contribution in [-0.2, 0) is 4.79 Å². The number of thiazole rings is 1. The molecule has 0 radical (unpaired) electrons. The average Bonchev–Trinajstić information content (AvgIpc) is 2.93. The summed E-state index contributed by atoms with van der Waals surface area (Å²) in [7, 11) is 1.79. The number of anilines is 1. The van der Waals surface area contributed by atoms with Crippen LogP contribution < -0.4 is 5.32 Å². The number of hydrogen-bond acceptors (Lipinski definition) is 5. The van der Waals surface area contributed by atoms with Gasteiger partial charge in [0.05, 0.1) is 5.69 Å². The zero-order valence-corrected chi connectivity index (χ0v) is 13.2. The molecule has 6 heteroatoms. The van der Waals surface area contributed by atoms with Crippen molar-refractivity contribution in [2.75, 3.05) is 12.4 Å². The zero-order valence-electron chi connectivity index (χ0n) is 12.4. The van der Waals surface area contributed by atoms with Gasteiger partial charge in [-0.1, -0.05) is 19.3 Å². The molecule has 21 heavy (non-hydrogen) atoms. The van der Waals surface area contributed by atoms with Crippen molar-refractivity contribution < 1.29 is 4.79 Å². The summed E-state index contributed by atoms with van der Waals surface area (Å²) in [5.74, 6) is -0.217. The average molecular weight is 304 g/mol. The number of nitrogens with one attached hydrogen (secondary N) is 1. The van der Waals surface area contributed by atoms with Crippen molar-refractivity contribution in [3.05, 3.63) is 22.8 Å². The first-order valence-corrected chi connectivity index (χ1v) is 8.06. The van der Waals surface area contributed by atoms with Gasteiger partial charge in [-0.05, 0) is 19.8 Å². The predicted octanol–water partition coefficient (Wildman–Crippen LogP) is 3.06. The first-order valence-electron chi connectivity index (χ1n) is 7.18. The van der Waals surface area contributed by atoms with Crippen LogP contribution in [0.2, 0.25) is 0 Å². The molecule has 0 aliphatic heterocycles. The van der Waals surface area contributed by atoms with Gasteiger partial charge in [0.2, 0.25) is 0 Å². The summed E-state index contributed by atoms with van der Waals surface area (Å²) in [5, 5.41) is 14.7. The van der Waals surface area contributed by atoms with Crippen LogP contribution in [0.3, 0.4) is 0 Å². The Kier molecular flexibility index (Phi) is 5.34. The summed E-state index contributed by atoms with van der Waals surface area (Å²) in [4.78, 5) is 18.3. The van der Waals surface area contributed by atoms with Crippen LogP contribution in [0.25, 0.3) is 0 Å². The highest BCUT2D eigenvalue weighted by Crippen LogP contribution is 2.22. The molecular formula is C15H20N4OS. The Morgan fingerprint density at radius 2 is 2.24 bits per heavy atom. The minimum Gasteiger partial charge on any atom is -0.338 e. The van der Waals surface area contributed by atoms with Crippen LogP contribution in [0.5, 0.6) is 0 Å². The van der Waals surface area contributed by atoms with Crippen LogP contribution in [0.4, 0.5) is 5.13 Å². The maximum atomic E-state index is 12.4. The van der Waals surface area contributed by atoms with Gasteiger partial charge in [0.25, 0.3) is 5.91 Å². The lowest BCUT2D eigenvalue weighted by Crippen LogP contribution is -2.39. The van der Waals surface area contributed by atoms with E-state index in [1.807, 2.05) is 18.4 Å². The third-order valence-corrected chi connectivity index (χ3v) is 4.64. The number of aryl methyl sites for hydroxylation is 1. The van der Waals surface area contributed by atoms with Gasteiger partial charge < -0.3 is 10.2 Å². The molecular weight excluding hydrogens is 284 g/mol. The second-order valence-electron chi connectivity index (χ2n) is 5.32. The molecule has 0 saturated heterocycles. The van der Waals surface area contributed by atoms with Crippen molar-refractivity contribution in [1.29, 1.82) is 5.26 Å². The Labute approximate surface area is 129 Å². The molecule has 1 aliphatic rings. The molecule has 1 heterocycles. The third kappa shape index (κ3) is 4.05. The van der Waals surface area contributed by atoms with Gasteiger partial charge >= 0.3 is 0 Å². The highest BCUT2D eigenvalue weighted by molar-refractivity contribution is 7.13. The van der Waals surface area contributed by atoms with Gasteiger partial charge in [0.1, 0.15) is 11.6 Å². The molecule has 1 aromatic heterocycles. The van der Waals surface area contributed by atoms with E-state index in [0.29, 0.717) is 5.13 Å². The van der Waals surface area contributed by atoms with Gasteiger partial charge in [-0.25, -0.2) is 4.98 Å². The molecule has 1 aromatic rings. The molecule has 1 fully saturated rings.